The molecule has 2 aromatic rings. The molecule has 0 aliphatic carbocycles. The second kappa shape index (κ2) is 8.73. The fraction of sp³-hybridized carbons (Fsp3) is 0.500. The van der Waals surface area contributed by atoms with Crippen LogP contribution in [0.15, 0.2) is 28.6 Å². The summed E-state index contributed by atoms with van der Waals surface area (Å²) in [5.41, 5.74) is 0.922. The average Bonchev–Trinajstić information content (AvgIpc) is 3.08. The van der Waals surface area contributed by atoms with Crippen molar-refractivity contribution in [1.82, 2.24) is 15.1 Å². The second-order valence-corrected chi connectivity index (χ2v) is 8.65. The van der Waals surface area contributed by atoms with E-state index in [2.05, 4.69) is 29.4 Å². The zero-order chi connectivity index (χ0) is 18.5. The number of carbonyl (C=O) groups excluding carboxylic acids is 1. The zero-order valence-electron chi connectivity index (χ0n) is 15.3. The number of benzene rings is 1. The zero-order valence-corrected chi connectivity index (χ0v) is 16.9. The van der Waals surface area contributed by atoms with Crippen LogP contribution in [0.2, 0.25) is 0 Å². The number of carbonyl (C=O) groups is 1. The number of nitrogens with zero attached hydrogens (tertiary/aromatic N) is 3. The first kappa shape index (κ1) is 19.0. The number of methoxy groups -OCH3 is 1. The van der Waals surface area contributed by atoms with Crippen molar-refractivity contribution in [3.8, 4) is 5.75 Å². The van der Waals surface area contributed by atoms with E-state index in [9.17, 15) is 4.79 Å². The maximum Gasteiger partial charge on any atom is 0.233 e. The molecule has 0 unspecified atom stereocenters. The maximum atomic E-state index is 12.6. The first-order valence-electron chi connectivity index (χ1n) is 8.75. The largest absolute Gasteiger partial charge is 0.497 e. The first-order valence-corrected chi connectivity index (χ1v) is 10.6. The highest BCUT2D eigenvalue weighted by Crippen LogP contribution is 2.30. The number of anilines is 2. The monoisotopic (exact) mass is 392 g/mol. The number of aromatic nitrogens is 2. The fourth-order valence-corrected chi connectivity index (χ4v) is 4.87. The minimum atomic E-state index is 0.189. The molecule has 8 heteroatoms. The molecule has 2 heterocycles. The highest BCUT2D eigenvalue weighted by molar-refractivity contribution is 8.01. The molecule has 0 radical (unpaired) electrons. The molecule has 1 saturated heterocycles. The van der Waals surface area contributed by atoms with Gasteiger partial charge in [-0.25, -0.2) is 0 Å². The molecular formula is C18H24N4O2S2. The molecule has 0 bridgehead atoms. The summed E-state index contributed by atoms with van der Waals surface area (Å²) in [6.45, 7) is 4.28. The molecule has 26 heavy (non-hydrogen) atoms. The van der Waals surface area contributed by atoms with Gasteiger partial charge in [-0.3, -0.25) is 4.79 Å². The third-order valence-electron chi connectivity index (χ3n) is 4.55. The van der Waals surface area contributed by atoms with Crippen LogP contribution in [0.1, 0.15) is 33.1 Å². The molecule has 0 spiro atoms. The van der Waals surface area contributed by atoms with Crippen molar-refractivity contribution in [3.63, 3.8) is 0 Å². The minimum absolute atomic E-state index is 0.189. The van der Waals surface area contributed by atoms with Gasteiger partial charge < -0.3 is 15.0 Å². The molecule has 1 amide bonds. The van der Waals surface area contributed by atoms with Crippen LogP contribution in [0.5, 0.6) is 5.75 Å². The van der Waals surface area contributed by atoms with Crippen molar-refractivity contribution in [2.45, 2.75) is 49.5 Å². The van der Waals surface area contributed by atoms with E-state index < -0.39 is 0 Å². The summed E-state index contributed by atoms with van der Waals surface area (Å²) >= 11 is 2.91. The number of amides is 1. The lowest BCUT2D eigenvalue weighted by atomic mass is 9.98. The van der Waals surface area contributed by atoms with Gasteiger partial charge in [0.25, 0.3) is 0 Å². The van der Waals surface area contributed by atoms with Crippen molar-refractivity contribution in [1.29, 1.82) is 0 Å². The Hall–Kier alpha value is -1.80. The third-order valence-corrected chi connectivity index (χ3v) is 6.51. The van der Waals surface area contributed by atoms with E-state index in [0.29, 0.717) is 23.0 Å². The standard InChI is InChI=1S/C18H24N4O2S2/c1-12-5-4-6-13(2)22(12)16(23)11-25-18-21-20-17(26-18)19-14-7-9-15(24-3)10-8-14/h7-10,12-13H,4-6,11H2,1-3H3,(H,19,20)/t12-,13-/m1/s1. The summed E-state index contributed by atoms with van der Waals surface area (Å²) in [7, 11) is 1.64. The van der Waals surface area contributed by atoms with E-state index in [1.54, 1.807) is 7.11 Å². The van der Waals surface area contributed by atoms with Crippen LogP contribution in [0.3, 0.4) is 0 Å². The predicted octanol–water partition coefficient (Wildman–Crippen LogP) is 4.17. The number of hydrogen-bond acceptors (Lipinski definition) is 7. The Balaban J connectivity index is 1.53. The van der Waals surface area contributed by atoms with Crippen molar-refractivity contribution in [3.05, 3.63) is 24.3 Å². The van der Waals surface area contributed by atoms with Gasteiger partial charge in [-0.1, -0.05) is 23.1 Å². The first-order chi connectivity index (χ1) is 12.6. The van der Waals surface area contributed by atoms with Crippen LogP contribution in [0.4, 0.5) is 10.8 Å². The number of nitrogens with one attached hydrogen (secondary N) is 1. The number of piperidine rings is 1. The molecule has 140 valence electrons. The van der Waals surface area contributed by atoms with Crippen LogP contribution in [0, 0.1) is 0 Å². The minimum Gasteiger partial charge on any atom is -0.497 e. The molecule has 1 aromatic carbocycles. The number of thioether (sulfide) groups is 1. The average molecular weight is 393 g/mol. The van der Waals surface area contributed by atoms with E-state index in [4.69, 9.17) is 4.74 Å². The van der Waals surface area contributed by atoms with Gasteiger partial charge in [0, 0.05) is 17.8 Å². The molecule has 1 aliphatic rings. The number of hydrogen-bond donors (Lipinski definition) is 1. The van der Waals surface area contributed by atoms with Gasteiger partial charge in [-0.05, 0) is 57.4 Å². The SMILES string of the molecule is COc1ccc(Nc2nnc(SCC(=O)N3[C@H](C)CCC[C@H]3C)s2)cc1. The van der Waals surface area contributed by atoms with E-state index in [0.717, 1.165) is 28.6 Å². The molecule has 3 rings (SSSR count). The Bertz CT molecular complexity index is 725. The van der Waals surface area contributed by atoms with Gasteiger partial charge in [0.05, 0.1) is 12.9 Å². The molecule has 0 saturated carbocycles. The van der Waals surface area contributed by atoms with E-state index in [1.807, 2.05) is 29.2 Å². The number of ether oxygens (including phenoxy) is 1. The Morgan fingerprint density at radius 3 is 2.62 bits per heavy atom. The Labute approximate surface area is 162 Å². The van der Waals surface area contributed by atoms with Gasteiger partial charge in [0.1, 0.15) is 5.75 Å². The van der Waals surface area contributed by atoms with Crippen LogP contribution >= 0.6 is 23.1 Å². The van der Waals surface area contributed by atoms with E-state index in [-0.39, 0.29) is 5.91 Å². The van der Waals surface area contributed by atoms with Crippen LogP contribution in [-0.2, 0) is 4.79 Å². The molecular weight excluding hydrogens is 368 g/mol. The lowest BCUT2D eigenvalue weighted by molar-refractivity contribution is -0.134. The number of rotatable bonds is 6. The van der Waals surface area contributed by atoms with E-state index in [1.165, 1.54) is 29.5 Å². The van der Waals surface area contributed by atoms with Crippen LogP contribution in [0.25, 0.3) is 0 Å². The normalized spacial score (nSPS) is 20.0. The fourth-order valence-electron chi connectivity index (χ4n) is 3.23. The molecule has 1 N–H and O–H groups in total. The van der Waals surface area contributed by atoms with Crippen molar-refractivity contribution >= 4 is 39.8 Å². The quantitative estimate of drug-likeness (QED) is 0.744. The van der Waals surface area contributed by atoms with Gasteiger partial charge in [0.15, 0.2) is 4.34 Å². The highest BCUT2D eigenvalue weighted by Gasteiger charge is 2.28. The van der Waals surface area contributed by atoms with Gasteiger partial charge in [-0.2, -0.15) is 0 Å². The van der Waals surface area contributed by atoms with Crippen molar-refractivity contribution in [2.75, 3.05) is 18.2 Å². The number of likely N-dealkylation sites (tertiary alicyclic amines) is 1. The third kappa shape index (κ3) is 4.67. The second-order valence-electron chi connectivity index (χ2n) is 6.45. The predicted molar refractivity (Wildman–Crippen MR) is 107 cm³/mol. The Morgan fingerprint density at radius 2 is 1.96 bits per heavy atom. The summed E-state index contributed by atoms with van der Waals surface area (Å²) in [5, 5.41) is 12.3. The van der Waals surface area contributed by atoms with Crippen molar-refractivity contribution in [2.24, 2.45) is 0 Å². The Kier molecular flexibility index (Phi) is 6.37. The summed E-state index contributed by atoms with van der Waals surface area (Å²) in [4.78, 5) is 14.6. The van der Waals surface area contributed by atoms with Crippen LogP contribution in [-0.4, -0.2) is 46.0 Å². The van der Waals surface area contributed by atoms with Crippen LogP contribution < -0.4 is 10.1 Å². The summed E-state index contributed by atoms with van der Waals surface area (Å²) in [5.74, 6) is 1.41. The van der Waals surface area contributed by atoms with E-state index >= 15 is 0 Å². The summed E-state index contributed by atoms with van der Waals surface area (Å²) < 4.78 is 5.95. The van der Waals surface area contributed by atoms with Gasteiger partial charge in [-0.15, -0.1) is 10.2 Å². The molecule has 1 aromatic heterocycles. The molecule has 1 fully saturated rings. The van der Waals surface area contributed by atoms with Gasteiger partial charge >= 0.3 is 0 Å². The summed E-state index contributed by atoms with van der Waals surface area (Å²) in [6.07, 6.45) is 3.39. The maximum absolute atomic E-state index is 12.6. The Morgan fingerprint density at radius 1 is 1.27 bits per heavy atom. The smallest absolute Gasteiger partial charge is 0.233 e. The van der Waals surface area contributed by atoms with Gasteiger partial charge in [0.2, 0.25) is 11.0 Å². The lowest BCUT2D eigenvalue weighted by Crippen LogP contribution is -2.48. The topological polar surface area (TPSA) is 67.3 Å². The molecule has 1 aliphatic heterocycles. The molecule has 6 nitrogen and oxygen atoms in total. The molecule has 2 atom stereocenters. The highest BCUT2D eigenvalue weighted by atomic mass is 32.2. The summed E-state index contributed by atoms with van der Waals surface area (Å²) in [6, 6.07) is 8.28. The lowest BCUT2D eigenvalue weighted by Gasteiger charge is -2.39. The van der Waals surface area contributed by atoms with Crippen molar-refractivity contribution < 1.29 is 9.53 Å².